The van der Waals surface area contributed by atoms with Gasteiger partial charge in [-0.15, -0.1) is 11.3 Å². The zero-order valence-electron chi connectivity index (χ0n) is 16.0. The molecule has 0 radical (unpaired) electrons. The standard InChI is InChI=1S/C21H18N4O3S2/c1-28-15-10-8-14(9-11-15)25-17-6-3-2-5-16(17)22-21(25)30-13-19(26)23-24-20(27)18-7-4-12-29-18/h2-12H,13H2,1H3,(H,23,26)(H,24,27). The molecule has 0 aliphatic heterocycles. The van der Waals surface area contributed by atoms with Crippen LogP contribution in [0.4, 0.5) is 0 Å². The molecule has 2 N–H and O–H groups in total. The molecule has 0 unspecified atom stereocenters. The van der Waals surface area contributed by atoms with E-state index in [9.17, 15) is 9.59 Å². The SMILES string of the molecule is COc1ccc(-n2c(SCC(=O)NNC(=O)c3cccs3)nc3ccccc32)cc1. The minimum Gasteiger partial charge on any atom is -0.497 e. The van der Waals surface area contributed by atoms with Gasteiger partial charge in [0, 0.05) is 5.69 Å². The molecule has 0 bridgehead atoms. The highest BCUT2D eigenvalue weighted by Crippen LogP contribution is 2.28. The van der Waals surface area contributed by atoms with Gasteiger partial charge in [-0.1, -0.05) is 30.0 Å². The fourth-order valence-electron chi connectivity index (χ4n) is 2.84. The first-order valence-corrected chi connectivity index (χ1v) is 10.9. The van der Waals surface area contributed by atoms with Gasteiger partial charge in [0.1, 0.15) is 5.75 Å². The van der Waals surface area contributed by atoms with Crippen molar-refractivity contribution in [2.24, 2.45) is 0 Å². The summed E-state index contributed by atoms with van der Waals surface area (Å²) in [4.78, 5) is 29.4. The van der Waals surface area contributed by atoms with Crippen molar-refractivity contribution in [3.8, 4) is 11.4 Å². The van der Waals surface area contributed by atoms with Crippen LogP contribution in [0.3, 0.4) is 0 Å². The van der Waals surface area contributed by atoms with Gasteiger partial charge in [0.25, 0.3) is 5.91 Å². The molecule has 4 rings (SSSR count). The van der Waals surface area contributed by atoms with Crippen molar-refractivity contribution in [1.29, 1.82) is 0 Å². The van der Waals surface area contributed by atoms with E-state index in [0.29, 0.717) is 10.0 Å². The number of methoxy groups -OCH3 is 1. The van der Waals surface area contributed by atoms with Crippen LogP contribution in [0.2, 0.25) is 0 Å². The Balaban J connectivity index is 1.49. The third kappa shape index (κ3) is 4.32. The largest absolute Gasteiger partial charge is 0.497 e. The number of imidazole rings is 1. The number of benzene rings is 2. The number of hydrogen-bond acceptors (Lipinski definition) is 6. The van der Waals surface area contributed by atoms with Gasteiger partial charge in [0.15, 0.2) is 5.16 Å². The van der Waals surface area contributed by atoms with Crippen LogP contribution in [-0.4, -0.2) is 34.2 Å². The highest BCUT2D eigenvalue weighted by Gasteiger charge is 2.15. The smallest absolute Gasteiger partial charge is 0.279 e. The Bertz CT molecular complexity index is 1170. The van der Waals surface area contributed by atoms with E-state index in [1.54, 1.807) is 24.6 Å². The summed E-state index contributed by atoms with van der Waals surface area (Å²) in [5.74, 6) is 0.204. The lowest BCUT2D eigenvalue weighted by atomic mass is 10.2. The Morgan fingerprint density at radius 1 is 1.07 bits per heavy atom. The van der Waals surface area contributed by atoms with Crippen molar-refractivity contribution in [2.45, 2.75) is 5.16 Å². The van der Waals surface area contributed by atoms with E-state index in [1.807, 2.05) is 53.1 Å². The number of rotatable bonds is 6. The van der Waals surface area contributed by atoms with Crippen LogP contribution < -0.4 is 15.6 Å². The molecular weight excluding hydrogens is 420 g/mol. The molecule has 30 heavy (non-hydrogen) atoms. The van der Waals surface area contributed by atoms with Crippen LogP contribution in [0.15, 0.2) is 71.2 Å². The normalized spacial score (nSPS) is 10.7. The second kappa shape index (κ2) is 9.02. The lowest BCUT2D eigenvalue weighted by Crippen LogP contribution is -2.42. The molecule has 4 aromatic rings. The Labute approximate surface area is 181 Å². The van der Waals surface area contributed by atoms with Gasteiger partial charge < -0.3 is 4.74 Å². The van der Waals surface area contributed by atoms with Crippen LogP contribution >= 0.6 is 23.1 Å². The highest BCUT2D eigenvalue weighted by atomic mass is 32.2. The second-order valence-corrected chi connectivity index (χ2v) is 8.07. The van der Waals surface area contributed by atoms with Crippen LogP contribution in [0.1, 0.15) is 9.67 Å². The molecule has 152 valence electrons. The van der Waals surface area contributed by atoms with Gasteiger partial charge in [-0.2, -0.15) is 0 Å². The Kier molecular flexibility index (Phi) is 6.01. The molecule has 2 heterocycles. The summed E-state index contributed by atoms with van der Waals surface area (Å²) in [6, 6.07) is 18.9. The molecular formula is C21H18N4O3S2. The van der Waals surface area contributed by atoms with Gasteiger partial charge in [-0.25, -0.2) is 4.98 Å². The molecule has 0 saturated carbocycles. The van der Waals surface area contributed by atoms with Gasteiger partial charge in [-0.05, 0) is 47.8 Å². The summed E-state index contributed by atoms with van der Waals surface area (Å²) in [5.41, 5.74) is 7.56. The van der Waals surface area contributed by atoms with Crippen molar-refractivity contribution < 1.29 is 14.3 Å². The minimum atomic E-state index is -0.339. The summed E-state index contributed by atoms with van der Waals surface area (Å²) >= 11 is 2.60. The first kappa shape index (κ1) is 20.0. The predicted molar refractivity (Wildman–Crippen MR) is 118 cm³/mol. The first-order chi connectivity index (χ1) is 14.7. The molecule has 0 fully saturated rings. The zero-order valence-corrected chi connectivity index (χ0v) is 17.6. The third-order valence-corrected chi connectivity index (χ3v) is 6.06. The Hall–Kier alpha value is -3.30. The minimum absolute atomic E-state index is 0.101. The van der Waals surface area contributed by atoms with Gasteiger partial charge >= 0.3 is 0 Å². The predicted octanol–water partition coefficient (Wildman–Crippen LogP) is 3.65. The molecule has 0 aliphatic carbocycles. The van der Waals surface area contributed by atoms with E-state index >= 15 is 0 Å². The van der Waals surface area contributed by atoms with Crippen molar-refractivity contribution in [3.63, 3.8) is 0 Å². The molecule has 0 atom stereocenters. The average Bonchev–Trinajstić information content (AvgIpc) is 3.44. The third-order valence-electron chi connectivity index (χ3n) is 4.25. The fourth-order valence-corrected chi connectivity index (χ4v) is 4.29. The summed E-state index contributed by atoms with van der Waals surface area (Å²) in [5, 5.41) is 2.48. The lowest BCUT2D eigenvalue weighted by molar-refractivity contribution is -0.119. The maximum atomic E-state index is 12.2. The topological polar surface area (TPSA) is 85.2 Å². The maximum Gasteiger partial charge on any atom is 0.279 e. The highest BCUT2D eigenvalue weighted by molar-refractivity contribution is 7.99. The lowest BCUT2D eigenvalue weighted by Gasteiger charge is -2.10. The average molecular weight is 439 g/mol. The van der Waals surface area contributed by atoms with E-state index < -0.39 is 0 Å². The second-order valence-electron chi connectivity index (χ2n) is 6.18. The number of nitrogens with zero attached hydrogens (tertiary/aromatic N) is 2. The number of thioether (sulfide) groups is 1. The Morgan fingerprint density at radius 2 is 1.87 bits per heavy atom. The van der Waals surface area contributed by atoms with E-state index in [2.05, 4.69) is 15.8 Å². The molecule has 7 nitrogen and oxygen atoms in total. The first-order valence-electron chi connectivity index (χ1n) is 9.03. The van der Waals surface area contributed by atoms with E-state index in [0.717, 1.165) is 22.5 Å². The van der Waals surface area contributed by atoms with Crippen LogP contribution in [0.5, 0.6) is 5.75 Å². The number of carbonyl (C=O) groups is 2. The van der Waals surface area contributed by atoms with Crippen molar-refractivity contribution in [3.05, 3.63) is 70.9 Å². The zero-order chi connectivity index (χ0) is 20.9. The maximum absolute atomic E-state index is 12.2. The number of ether oxygens (including phenoxy) is 1. The van der Waals surface area contributed by atoms with Crippen LogP contribution in [0.25, 0.3) is 16.7 Å². The molecule has 2 aromatic heterocycles. The Morgan fingerprint density at radius 3 is 2.60 bits per heavy atom. The van der Waals surface area contributed by atoms with Crippen molar-refractivity contribution in [1.82, 2.24) is 20.4 Å². The number of nitrogens with one attached hydrogen (secondary N) is 2. The van der Waals surface area contributed by atoms with E-state index in [4.69, 9.17) is 4.74 Å². The monoisotopic (exact) mass is 438 g/mol. The summed E-state index contributed by atoms with van der Waals surface area (Å²) in [6.07, 6.45) is 0. The molecule has 9 heteroatoms. The van der Waals surface area contributed by atoms with E-state index in [1.165, 1.54) is 23.1 Å². The molecule has 2 amide bonds. The molecule has 0 saturated heterocycles. The number of hydrogen-bond donors (Lipinski definition) is 2. The van der Waals surface area contributed by atoms with Gasteiger partial charge in [0.05, 0.1) is 28.8 Å². The van der Waals surface area contributed by atoms with Crippen molar-refractivity contribution >= 4 is 45.9 Å². The summed E-state index contributed by atoms with van der Waals surface area (Å²) in [6.45, 7) is 0. The molecule has 2 aromatic carbocycles. The van der Waals surface area contributed by atoms with Crippen LogP contribution in [-0.2, 0) is 4.79 Å². The summed E-state index contributed by atoms with van der Waals surface area (Å²) in [7, 11) is 1.62. The van der Waals surface area contributed by atoms with Crippen LogP contribution in [0, 0.1) is 0 Å². The number of aromatic nitrogens is 2. The van der Waals surface area contributed by atoms with Gasteiger partial charge in [0.2, 0.25) is 5.91 Å². The molecule has 0 spiro atoms. The number of amides is 2. The van der Waals surface area contributed by atoms with E-state index in [-0.39, 0.29) is 17.6 Å². The number of carbonyl (C=O) groups excluding carboxylic acids is 2. The fraction of sp³-hybridized carbons (Fsp3) is 0.0952. The number of hydrazine groups is 1. The van der Waals surface area contributed by atoms with Gasteiger partial charge in [-0.3, -0.25) is 25.0 Å². The quantitative estimate of drug-likeness (QED) is 0.355. The number of para-hydroxylation sites is 2. The number of thiophene rings is 1. The summed E-state index contributed by atoms with van der Waals surface area (Å²) < 4.78 is 7.24. The van der Waals surface area contributed by atoms with Crippen molar-refractivity contribution in [2.75, 3.05) is 12.9 Å². The number of fused-ring (bicyclic) bond motifs is 1. The molecule has 0 aliphatic rings.